The van der Waals surface area contributed by atoms with Gasteiger partial charge in [-0.1, -0.05) is 47.5 Å². The molecule has 1 unspecified atom stereocenters. The quantitative estimate of drug-likeness (QED) is 0.438. The van der Waals surface area contributed by atoms with Crippen LogP contribution in [0.3, 0.4) is 0 Å². The number of rotatable bonds is 4. The van der Waals surface area contributed by atoms with Crippen LogP contribution in [0.5, 0.6) is 0 Å². The molecule has 3 nitrogen and oxygen atoms in total. The van der Waals surface area contributed by atoms with E-state index in [1.54, 1.807) is 0 Å². The van der Waals surface area contributed by atoms with E-state index in [1.807, 2.05) is 36.4 Å². The first-order valence-corrected chi connectivity index (χ1v) is 11.2. The van der Waals surface area contributed by atoms with Crippen molar-refractivity contribution in [2.45, 2.75) is 25.9 Å². The lowest BCUT2D eigenvalue weighted by Crippen LogP contribution is -2.49. The molecule has 0 aliphatic carbocycles. The number of aryl methyl sites for hydroxylation is 1. The van der Waals surface area contributed by atoms with Gasteiger partial charge in [-0.2, -0.15) is 5.26 Å². The number of halogens is 2. The predicted octanol–water partition coefficient (Wildman–Crippen LogP) is 6.80. The number of hydrogen-bond acceptors (Lipinski definition) is 3. The fourth-order valence-corrected chi connectivity index (χ4v) is 4.76. The molecule has 1 aliphatic heterocycles. The Bertz CT molecular complexity index is 1090. The summed E-state index contributed by atoms with van der Waals surface area (Å²) in [6, 6.07) is 24.9. The van der Waals surface area contributed by atoms with Crippen LogP contribution in [-0.2, 0) is 0 Å². The molecule has 1 fully saturated rings. The summed E-state index contributed by atoms with van der Waals surface area (Å²) in [6.07, 6.45) is 0. The normalized spacial score (nSPS) is 17.9. The maximum atomic E-state index is 9.09. The minimum atomic E-state index is 0.201. The summed E-state index contributed by atoms with van der Waals surface area (Å²) in [5, 5.41) is 10.6. The molecule has 2 atom stereocenters. The van der Waals surface area contributed by atoms with Gasteiger partial charge < -0.3 is 4.90 Å². The van der Waals surface area contributed by atoms with E-state index in [0.29, 0.717) is 5.56 Å². The molecule has 1 heterocycles. The molecule has 1 aliphatic rings. The molecule has 1 saturated heterocycles. The van der Waals surface area contributed by atoms with Gasteiger partial charge in [-0.3, -0.25) is 4.90 Å². The molecular weight excluding hydrogens is 425 g/mol. The highest BCUT2D eigenvalue weighted by molar-refractivity contribution is 6.31. The zero-order valence-electron chi connectivity index (χ0n) is 17.7. The Morgan fingerprint density at radius 2 is 1.61 bits per heavy atom. The topological polar surface area (TPSA) is 30.3 Å². The third-order valence-corrected chi connectivity index (χ3v) is 6.69. The van der Waals surface area contributed by atoms with E-state index < -0.39 is 0 Å². The molecular formula is C26H25Cl2N3. The molecule has 0 amide bonds. The summed E-state index contributed by atoms with van der Waals surface area (Å²) in [6.45, 7) is 7.12. The Kier molecular flexibility index (Phi) is 6.53. The maximum Gasteiger partial charge on any atom is 0.0991 e. The van der Waals surface area contributed by atoms with Crippen molar-refractivity contribution in [3.8, 4) is 6.07 Å². The maximum absolute atomic E-state index is 9.09. The van der Waals surface area contributed by atoms with Crippen molar-refractivity contribution in [1.82, 2.24) is 4.90 Å². The van der Waals surface area contributed by atoms with Crippen LogP contribution in [0.4, 0.5) is 5.69 Å². The van der Waals surface area contributed by atoms with Crippen molar-refractivity contribution in [1.29, 1.82) is 5.26 Å². The zero-order chi connectivity index (χ0) is 22.0. The van der Waals surface area contributed by atoms with Crippen LogP contribution in [0.25, 0.3) is 0 Å². The van der Waals surface area contributed by atoms with Gasteiger partial charge in [0.05, 0.1) is 17.7 Å². The lowest BCUT2D eigenvalue weighted by molar-refractivity contribution is 0.171. The van der Waals surface area contributed by atoms with Crippen LogP contribution < -0.4 is 4.90 Å². The number of anilines is 1. The monoisotopic (exact) mass is 449 g/mol. The molecule has 31 heavy (non-hydrogen) atoms. The standard InChI is InChI=1S/C26H25Cl2N3/c1-18-15-24(28)11-12-25(18)31-14-13-30(17-26(31)22-7-9-23(27)10-8-22)19(2)21-5-3-20(16-29)4-6-21/h3-12,15,19,26H,13-14,17H2,1-2H3/t19?,26-/m0/s1. The minimum Gasteiger partial charge on any atom is -0.362 e. The van der Waals surface area contributed by atoms with Crippen molar-refractivity contribution >= 4 is 28.9 Å². The molecule has 4 rings (SSSR count). The molecule has 0 aromatic heterocycles. The van der Waals surface area contributed by atoms with Crippen molar-refractivity contribution in [2.24, 2.45) is 0 Å². The van der Waals surface area contributed by atoms with Gasteiger partial charge in [-0.25, -0.2) is 0 Å². The van der Waals surface area contributed by atoms with Gasteiger partial charge in [-0.05, 0) is 73.0 Å². The molecule has 0 saturated carbocycles. The highest BCUT2D eigenvalue weighted by atomic mass is 35.5. The SMILES string of the molecule is Cc1cc(Cl)ccc1N1CCN(C(C)c2ccc(C#N)cc2)C[C@H]1c1ccc(Cl)cc1. The van der Waals surface area contributed by atoms with Gasteiger partial charge >= 0.3 is 0 Å². The van der Waals surface area contributed by atoms with Gasteiger partial charge in [0.25, 0.3) is 0 Å². The van der Waals surface area contributed by atoms with E-state index in [-0.39, 0.29) is 12.1 Å². The Labute approximate surface area is 194 Å². The van der Waals surface area contributed by atoms with Crippen LogP contribution in [0.15, 0.2) is 66.7 Å². The average Bonchev–Trinajstić information content (AvgIpc) is 2.79. The van der Waals surface area contributed by atoms with E-state index in [0.717, 1.165) is 29.7 Å². The lowest BCUT2D eigenvalue weighted by Gasteiger charge is -2.45. The fraction of sp³-hybridized carbons (Fsp3) is 0.269. The summed E-state index contributed by atoms with van der Waals surface area (Å²) in [7, 11) is 0. The summed E-state index contributed by atoms with van der Waals surface area (Å²) in [5.74, 6) is 0. The third kappa shape index (κ3) is 4.72. The van der Waals surface area contributed by atoms with Gasteiger partial charge in [0.15, 0.2) is 0 Å². The van der Waals surface area contributed by atoms with E-state index in [2.05, 4.69) is 60.0 Å². The highest BCUT2D eigenvalue weighted by Crippen LogP contribution is 2.36. The van der Waals surface area contributed by atoms with Crippen molar-refractivity contribution in [2.75, 3.05) is 24.5 Å². The molecule has 5 heteroatoms. The van der Waals surface area contributed by atoms with Crippen LogP contribution in [0.2, 0.25) is 10.0 Å². The number of hydrogen-bond donors (Lipinski definition) is 0. The molecule has 158 valence electrons. The largest absolute Gasteiger partial charge is 0.362 e. The lowest BCUT2D eigenvalue weighted by atomic mass is 9.97. The van der Waals surface area contributed by atoms with Crippen LogP contribution in [0, 0.1) is 18.3 Å². The fourth-order valence-electron chi connectivity index (χ4n) is 4.40. The van der Waals surface area contributed by atoms with Crippen LogP contribution in [0.1, 0.15) is 41.3 Å². The highest BCUT2D eigenvalue weighted by Gasteiger charge is 2.31. The zero-order valence-corrected chi connectivity index (χ0v) is 19.2. The van der Waals surface area contributed by atoms with Gasteiger partial charge in [-0.15, -0.1) is 0 Å². The summed E-state index contributed by atoms with van der Waals surface area (Å²) >= 11 is 12.4. The van der Waals surface area contributed by atoms with Crippen LogP contribution in [-0.4, -0.2) is 24.5 Å². The van der Waals surface area contributed by atoms with E-state index in [9.17, 15) is 0 Å². The molecule has 0 N–H and O–H groups in total. The van der Waals surface area contributed by atoms with Crippen molar-refractivity contribution in [3.63, 3.8) is 0 Å². The number of nitriles is 1. The van der Waals surface area contributed by atoms with Gasteiger partial charge in [0.2, 0.25) is 0 Å². The summed E-state index contributed by atoms with van der Waals surface area (Å²) in [4.78, 5) is 5.00. The van der Waals surface area contributed by atoms with Crippen molar-refractivity contribution < 1.29 is 0 Å². The first kappa shape index (κ1) is 21.7. The van der Waals surface area contributed by atoms with Gasteiger partial charge in [0.1, 0.15) is 0 Å². The second-order valence-corrected chi connectivity index (χ2v) is 8.97. The number of benzene rings is 3. The first-order valence-electron chi connectivity index (χ1n) is 10.5. The van der Waals surface area contributed by atoms with E-state index in [4.69, 9.17) is 28.5 Å². The Morgan fingerprint density at radius 1 is 0.935 bits per heavy atom. The smallest absolute Gasteiger partial charge is 0.0991 e. The van der Waals surface area contributed by atoms with Crippen molar-refractivity contribution in [3.05, 3.63) is 99.0 Å². The first-order chi connectivity index (χ1) is 15.0. The average molecular weight is 450 g/mol. The number of nitrogens with zero attached hydrogens (tertiary/aromatic N) is 3. The second kappa shape index (κ2) is 9.32. The predicted molar refractivity (Wildman–Crippen MR) is 129 cm³/mol. The number of piperazine rings is 1. The Hall–Kier alpha value is -2.51. The third-order valence-electron chi connectivity index (χ3n) is 6.20. The molecule has 0 bridgehead atoms. The summed E-state index contributed by atoms with van der Waals surface area (Å²) < 4.78 is 0. The summed E-state index contributed by atoms with van der Waals surface area (Å²) in [5.41, 5.74) is 5.56. The Morgan fingerprint density at radius 3 is 2.26 bits per heavy atom. The molecule has 3 aromatic carbocycles. The second-order valence-electron chi connectivity index (χ2n) is 8.10. The van der Waals surface area contributed by atoms with Crippen LogP contribution >= 0.6 is 23.2 Å². The molecule has 3 aromatic rings. The van der Waals surface area contributed by atoms with E-state index in [1.165, 1.54) is 22.4 Å². The Balaban J connectivity index is 1.65. The molecule has 0 spiro atoms. The van der Waals surface area contributed by atoms with E-state index >= 15 is 0 Å². The minimum absolute atomic E-state index is 0.201. The van der Waals surface area contributed by atoms with Gasteiger partial charge in [0, 0.05) is 41.4 Å². The molecule has 0 radical (unpaired) electrons.